The maximum atomic E-state index is 9.60. The largest absolute Gasteiger partial charge is 0.389 e. The number of ether oxygens (including phenoxy) is 2. The molecule has 0 bridgehead atoms. The minimum absolute atomic E-state index is 0.444. The van der Waals surface area contributed by atoms with Crippen LogP contribution in [0, 0.1) is 6.92 Å². The summed E-state index contributed by atoms with van der Waals surface area (Å²) in [5.41, 5.74) is 1.12. The molecule has 1 saturated heterocycles. The van der Waals surface area contributed by atoms with Gasteiger partial charge in [-0.1, -0.05) is 0 Å². The van der Waals surface area contributed by atoms with Gasteiger partial charge in [-0.2, -0.15) is 0 Å². The zero-order chi connectivity index (χ0) is 13.2. The first kappa shape index (κ1) is 13.4. The maximum Gasteiger partial charge on any atom is 0.160 e. The van der Waals surface area contributed by atoms with Gasteiger partial charge in [-0.3, -0.25) is 0 Å². The Bertz CT molecular complexity index is 415. The second-order valence-corrected chi connectivity index (χ2v) is 4.72. The highest BCUT2D eigenvalue weighted by atomic mass is 16.5. The highest BCUT2D eigenvalue weighted by Gasteiger charge is 2.37. The molecule has 5 nitrogen and oxygen atoms in total. The lowest BCUT2D eigenvalue weighted by atomic mass is 9.92. The summed E-state index contributed by atoms with van der Waals surface area (Å²) in [4.78, 5) is 8.89. The van der Waals surface area contributed by atoms with Crippen LogP contribution >= 0.6 is 0 Å². The van der Waals surface area contributed by atoms with Gasteiger partial charge in [-0.05, 0) is 13.8 Å². The van der Waals surface area contributed by atoms with Gasteiger partial charge in [-0.15, -0.1) is 0 Å². The fourth-order valence-electron chi connectivity index (χ4n) is 2.33. The molecule has 2 rings (SSSR count). The maximum absolute atomic E-state index is 9.60. The van der Waals surface area contributed by atoms with Crippen molar-refractivity contribution in [2.45, 2.75) is 38.4 Å². The summed E-state index contributed by atoms with van der Waals surface area (Å²) in [6, 6.07) is 0. The molecule has 100 valence electrons. The van der Waals surface area contributed by atoms with Crippen LogP contribution in [0.5, 0.6) is 0 Å². The summed E-state index contributed by atoms with van der Waals surface area (Å²) in [7, 11) is 1.69. The summed E-state index contributed by atoms with van der Waals surface area (Å²) in [6.45, 7) is 4.92. The molecule has 0 aliphatic carbocycles. The summed E-state index contributed by atoms with van der Waals surface area (Å²) in [5.74, 6) is 0.690. The van der Waals surface area contributed by atoms with E-state index in [1.54, 1.807) is 20.2 Å². The molecule has 2 heterocycles. The van der Waals surface area contributed by atoms with E-state index < -0.39 is 11.7 Å². The van der Waals surface area contributed by atoms with Crippen LogP contribution in [0.3, 0.4) is 0 Å². The molecule has 0 spiro atoms. The van der Waals surface area contributed by atoms with Gasteiger partial charge in [0.25, 0.3) is 0 Å². The van der Waals surface area contributed by atoms with Crippen molar-refractivity contribution in [3.63, 3.8) is 0 Å². The molecule has 18 heavy (non-hydrogen) atoms. The number of aromatic nitrogens is 2. The first-order valence-electron chi connectivity index (χ1n) is 6.24. The predicted octanol–water partition coefficient (Wildman–Crippen LogP) is 1.49. The first-order valence-corrected chi connectivity index (χ1v) is 6.24. The molecule has 5 heteroatoms. The molecule has 1 aliphatic heterocycles. The van der Waals surface area contributed by atoms with E-state index in [0.717, 1.165) is 24.1 Å². The first-order chi connectivity index (χ1) is 8.59. The SMILES string of the molecule is COC1(c2ncc([C@@H](C)O)c(C)n2)CCOCC1. The Morgan fingerprint density at radius 2 is 2.11 bits per heavy atom. The second-order valence-electron chi connectivity index (χ2n) is 4.72. The van der Waals surface area contributed by atoms with Crippen molar-refractivity contribution in [1.82, 2.24) is 9.97 Å². The van der Waals surface area contributed by atoms with E-state index in [4.69, 9.17) is 9.47 Å². The van der Waals surface area contributed by atoms with Crippen LogP contribution in [-0.4, -0.2) is 35.4 Å². The number of hydrogen-bond donors (Lipinski definition) is 1. The fourth-order valence-corrected chi connectivity index (χ4v) is 2.33. The molecular weight excluding hydrogens is 232 g/mol. The third-order valence-corrected chi connectivity index (χ3v) is 3.57. The van der Waals surface area contributed by atoms with E-state index in [9.17, 15) is 5.11 Å². The number of aliphatic hydroxyl groups excluding tert-OH is 1. The standard InChI is InChI=1S/C13H20N2O3/c1-9-11(10(2)16)8-14-12(15-9)13(17-3)4-6-18-7-5-13/h8,10,16H,4-7H2,1-3H3/t10-/m1/s1. The Hall–Kier alpha value is -1.04. The summed E-state index contributed by atoms with van der Waals surface area (Å²) >= 11 is 0. The quantitative estimate of drug-likeness (QED) is 0.883. The van der Waals surface area contributed by atoms with Crippen LogP contribution in [0.1, 0.15) is 43.0 Å². The normalized spacial score (nSPS) is 20.7. The number of aliphatic hydroxyl groups is 1. The number of rotatable bonds is 3. The smallest absolute Gasteiger partial charge is 0.160 e. The molecule has 1 aromatic heterocycles. The molecule has 0 saturated carbocycles. The average Bonchev–Trinajstić information content (AvgIpc) is 2.39. The Morgan fingerprint density at radius 3 is 2.61 bits per heavy atom. The van der Waals surface area contributed by atoms with Crippen molar-refractivity contribution in [1.29, 1.82) is 0 Å². The van der Waals surface area contributed by atoms with Crippen molar-refractivity contribution in [3.05, 3.63) is 23.3 Å². The molecule has 0 aromatic carbocycles. The van der Waals surface area contributed by atoms with Crippen molar-refractivity contribution in [2.75, 3.05) is 20.3 Å². The predicted molar refractivity (Wildman–Crippen MR) is 66.1 cm³/mol. The fraction of sp³-hybridized carbons (Fsp3) is 0.692. The van der Waals surface area contributed by atoms with E-state index >= 15 is 0 Å². The molecule has 1 fully saturated rings. The number of hydrogen-bond acceptors (Lipinski definition) is 5. The molecular formula is C13H20N2O3. The van der Waals surface area contributed by atoms with Gasteiger partial charge in [-0.25, -0.2) is 9.97 Å². The molecule has 0 radical (unpaired) electrons. The van der Waals surface area contributed by atoms with E-state index in [1.807, 2.05) is 6.92 Å². The van der Waals surface area contributed by atoms with Crippen molar-refractivity contribution < 1.29 is 14.6 Å². The third kappa shape index (κ3) is 2.39. The van der Waals surface area contributed by atoms with Gasteiger partial charge in [0.05, 0.1) is 6.10 Å². The number of methoxy groups -OCH3 is 1. The Balaban J connectivity index is 2.34. The highest BCUT2D eigenvalue weighted by molar-refractivity contribution is 5.20. The van der Waals surface area contributed by atoms with E-state index in [2.05, 4.69) is 9.97 Å². The van der Waals surface area contributed by atoms with Crippen LogP contribution in [0.15, 0.2) is 6.20 Å². The van der Waals surface area contributed by atoms with Gasteiger partial charge < -0.3 is 14.6 Å². The Morgan fingerprint density at radius 1 is 1.44 bits per heavy atom. The molecule has 1 aliphatic rings. The molecule has 1 aromatic rings. The van der Waals surface area contributed by atoms with Crippen molar-refractivity contribution >= 4 is 0 Å². The van der Waals surface area contributed by atoms with Gasteiger partial charge >= 0.3 is 0 Å². The minimum atomic E-state index is -0.549. The van der Waals surface area contributed by atoms with Gasteiger partial charge in [0.1, 0.15) is 5.60 Å². The van der Waals surface area contributed by atoms with Crippen LogP contribution in [0.25, 0.3) is 0 Å². The number of nitrogens with zero attached hydrogens (tertiary/aromatic N) is 2. The summed E-state index contributed by atoms with van der Waals surface area (Å²) in [5, 5.41) is 9.60. The minimum Gasteiger partial charge on any atom is -0.389 e. The van der Waals surface area contributed by atoms with Gasteiger partial charge in [0.2, 0.25) is 0 Å². The van der Waals surface area contributed by atoms with E-state index in [0.29, 0.717) is 19.0 Å². The Labute approximate surface area is 107 Å². The lowest BCUT2D eigenvalue weighted by Crippen LogP contribution is -2.37. The molecule has 1 N–H and O–H groups in total. The monoisotopic (exact) mass is 252 g/mol. The van der Waals surface area contributed by atoms with Crippen molar-refractivity contribution in [2.24, 2.45) is 0 Å². The second kappa shape index (κ2) is 5.30. The van der Waals surface area contributed by atoms with Crippen LogP contribution in [0.4, 0.5) is 0 Å². The summed E-state index contributed by atoms with van der Waals surface area (Å²) < 4.78 is 11.0. The molecule has 0 unspecified atom stereocenters. The number of aryl methyl sites for hydroxylation is 1. The zero-order valence-corrected chi connectivity index (χ0v) is 11.1. The molecule has 1 atom stereocenters. The topological polar surface area (TPSA) is 64.5 Å². The third-order valence-electron chi connectivity index (χ3n) is 3.57. The summed E-state index contributed by atoms with van der Waals surface area (Å²) in [6.07, 6.45) is 2.67. The van der Waals surface area contributed by atoms with E-state index in [-0.39, 0.29) is 0 Å². The van der Waals surface area contributed by atoms with Crippen LogP contribution < -0.4 is 0 Å². The molecule has 0 amide bonds. The zero-order valence-electron chi connectivity index (χ0n) is 11.1. The van der Waals surface area contributed by atoms with Crippen LogP contribution in [-0.2, 0) is 15.1 Å². The van der Waals surface area contributed by atoms with Crippen LogP contribution in [0.2, 0.25) is 0 Å². The van der Waals surface area contributed by atoms with Crippen molar-refractivity contribution in [3.8, 4) is 0 Å². The lowest BCUT2D eigenvalue weighted by Gasteiger charge is -2.34. The lowest BCUT2D eigenvalue weighted by molar-refractivity contribution is -0.100. The average molecular weight is 252 g/mol. The van der Waals surface area contributed by atoms with Gasteiger partial charge in [0.15, 0.2) is 5.82 Å². The highest BCUT2D eigenvalue weighted by Crippen LogP contribution is 2.33. The van der Waals surface area contributed by atoms with E-state index in [1.165, 1.54) is 0 Å². The Kier molecular flexibility index (Phi) is 3.94. The van der Waals surface area contributed by atoms with Gasteiger partial charge in [0, 0.05) is 50.6 Å².